The molecule has 1 aromatic carbocycles. The third-order valence-electron chi connectivity index (χ3n) is 2.38. The van der Waals surface area contributed by atoms with Crippen molar-refractivity contribution in [1.29, 1.82) is 0 Å². The third kappa shape index (κ3) is 3.28. The maximum absolute atomic E-state index is 11.8. The molecule has 0 amide bonds. The van der Waals surface area contributed by atoms with Crippen molar-refractivity contribution in [3.63, 3.8) is 0 Å². The minimum atomic E-state index is 0.167. The summed E-state index contributed by atoms with van der Waals surface area (Å²) in [6, 6.07) is 10.3. The van der Waals surface area contributed by atoms with Crippen molar-refractivity contribution >= 4 is 28.6 Å². The minimum absolute atomic E-state index is 0.167. The van der Waals surface area contributed by atoms with Gasteiger partial charge in [-0.25, -0.2) is 0 Å². The first-order valence-electron chi connectivity index (χ1n) is 5.18. The maximum Gasteiger partial charge on any atom is 0.202 e. The molecule has 1 aliphatic heterocycles. The Kier molecular flexibility index (Phi) is 4.15. The molecular weight excluding hydrogens is 224 g/mol. The van der Waals surface area contributed by atoms with Gasteiger partial charge in [0.25, 0.3) is 0 Å². The fourth-order valence-electron chi connectivity index (χ4n) is 1.59. The molecule has 0 aliphatic carbocycles. The zero-order valence-corrected chi connectivity index (χ0v) is 10.2. The molecule has 1 aromatic rings. The molecule has 2 rings (SSSR count). The summed E-state index contributed by atoms with van der Waals surface area (Å²) in [4.78, 5) is 11.8. The van der Waals surface area contributed by atoms with Gasteiger partial charge < -0.3 is 0 Å². The number of thioether (sulfide) groups is 2. The molecule has 1 heterocycles. The lowest BCUT2D eigenvalue weighted by molar-refractivity contribution is -0.110. The van der Waals surface area contributed by atoms with Crippen molar-refractivity contribution in [2.75, 3.05) is 11.5 Å². The van der Waals surface area contributed by atoms with Gasteiger partial charge in [0, 0.05) is 5.75 Å². The Balaban J connectivity index is 2.01. The standard InChI is InChI=1S/C12H14OS2/c13-12-11(14-7-4-8-15-12)9-10-5-2-1-3-6-10/h1-3,5-6,11H,4,7-9H2. The lowest BCUT2D eigenvalue weighted by atomic mass is 10.1. The topological polar surface area (TPSA) is 17.1 Å². The van der Waals surface area contributed by atoms with Crippen LogP contribution in [0, 0.1) is 0 Å². The molecule has 15 heavy (non-hydrogen) atoms. The van der Waals surface area contributed by atoms with E-state index in [1.54, 1.807) is 0 Å². The monoisotopic (exact) mass is 238 g/mol. The molecule has 0 radical (unpaired) electrons. The lowest BCUT2D eigenvalue weighted by Gasteiger charge is -2.11. The van der Waals surface area contributed by atoms with E-state index in [1.807, 2.05) is 30.0 Å². The fourth-order valence-corrected chi connectivity index (χ4v) is 3.98. The fraction of sp³-hybridized carbons (Fsp3) is 0.417. The molecule has 1 nitrogen and oxygen atoms in total. The normalized spacial score (nSPS) is 22.4. The number of hydrogen-bond donors (Lipinski definition) is 0. The molecule has 1 fully saturated rings. The molecule has 0 spiro atoms. The van der Waals surface area contributed by atoms with Gasteiger partial charge in [-0.2, -0.15) is 0 Å². The third-order valence-corrected chi connectivity index (χ3v) is 4.90. The molecule has 1 atom stereocenters. The van der Waals surface area contributed by atoms with Crippen LogP contribution in [-0.2, 0) is 11.2 Å². The number of benzene rings is 1. The van der Waals surface area contributed by atoms with Gasteiger partial charge in [-0.3, -0.25) is 4.79 Å². The quantitative estimate of drug-likeness (QED) is 0.788. The summed E-state index contributed by atoms with van der Waals surface area (Å²) in [5, 5.41) is 0.529. The Bertz CT molecular complexity index is 324. The first kappa shape index (κ1) is 11.1. The summed E-state index contributed by atoms with van der Waals surface area (Å²) < 4.78 is 0. The Morgan fingerprint density at radius 1 is 1.20 bits per heavy atom. The number of hydrogen-bond acceptors (Lipinski definition) is 3. The van der Waals surface area contributed by atoms with Crippen LogP contribution in [-0.4, -0.2) is 21.9 Å². The average Bonchev–Trinajstić information content (AvgIpc) is 2.46. The predicted molar refractivity (Wildman–Crippen MR) is 68.5 cm³/mol. The van der Waals surface area contributed by atoms with Crippen LogP contribution >= 0.6 is 23.5 Å². The summed E-state index contributed by atoms with van der Waals surface area (Å²) >= 11 is 3.32. The zero-order chi connectivity index (χ0) is 10.5. The molecular formula is C12H14OS2. The summed E-state index contributed by atoms with van der Waals surface area (Å²) in [5.41, 5.74) is 1.27. The van der Waals surface area contributed by atoms with E-state index >= 15 is 0 Å². The van der Waals surface area contributed by atoms with E-state index in [-0.39, 0.29) is 5.25 Å². The SMILES string of the molecule is O=C1SCCCSC1Cc1ccccc1. The second-order valence-electron chi connectivity index (χ2n) is 3.57. The Labute approximate surface area is 99.0 Å². The minimum Gasteiger partial charge on any atom is -0.286 e. The van der Waals surface area contributed by atoms with E-state index < -0.39 is 0 Å². The van der Waals surface area contributed by atoms with Crippen molar-refractivity contribution in [3.05, 3.63) is 35.9 Å². The molecule has 3 heteroatoms. The second-order valence-corrected chi connectivity index (χ2v) is 5.98. The summed E-state index contributed by atoms with van der Waals surface area (Å²) in [6.45, 7) is 0. The van der Waals surface area contributed by atoms with Crippen LogP contribution in [0.15, 0.2) is 30.3 Å². The summed E-state index contributed by atoms with van der Waals surface area (Å²) in [6.07, 6.45) is 2.05. The molecule has 0 bridgehead atoms. The Morgan fingerprint density at radius 2 is 2.00 bits per heavy atom. The maximum atomic E-state index is 11.8. The zero-order valence-electron chi connectivity index (χ0n) is 8.52. The number of rotatable bonds is 2. The molecule has 80 valence electrons. The molecule has 0 N–H and O–H groups in total. The molecule has 0 saturated carbocycles. The van der Waals surface area contributed by atoms with Crippen LogP contribution in [0.1, 0.15) is 12.0 Å². The highest BCUT2D eigenvalue weighted by Gasteiger charge is 2.21. The van der Waals surface area contributed by atoms with Crippen molar-refractivity contribution in [3.8, 4) is 0 Å². The Morgan fingerprint density at radius 3 is 2.80 bits per heavy atom. The van der Waals surface area contributed by atoms with Crippen LogP contribution in [0.2, 0.25) is 0 Å². The highest BCUT2D eigenvalue weighted by molar-refractivity contribution is 8.16. The van der Waals surface area contributed by atoms with E-state index in [9.17, 15) is 4.79 Å². The van der Waals surface area contributed by atoms with Crippen molar-refractivity contribution < 1.29 is 4.79 Å². The van der Waals surface area contributed by atoms with Crippen molar-refractivity contribution in [2.24, 2.45) is 0 Å². The van der Waals surface area contributed by atoms with Crippen molar-refractivity contribution in [2.45, 2.75) is 18.1 Å². The first-order valence-corrected chi connectivity index (χ1v) is 7.22. The molecule has 1 saturated heterocycles. The predicted octanol–water partition coefficient (Wildman–Crippen LogP) is 2.99. The van der Waals surface area contributed by atoms with Crippen LogP contribution in [0.3, 0.4) is 0 Å². The number of carbonyl (C=O) groups excluding carboxylic acids is 1. The lowest BCUT2D eigenvalue weighted by Crippen LogP contribution is -2.16. The smallest absolute Gasteiger partial charge is 0.202 e. The van der Waals surface area contributed by atoms with Gasteiger partial charge in [0.2, 0.25) is 5.12 Å². The van der Waals surface area contributed by atoms with E-state index in [2.05, 4.69) is 12.1 Å². The van der Waals surface area contributed by atoms with Gasteiger partial charge in [0.1, 0.15) is 0 Å². The van der Waals surface area contributed by atoms with E-state index in [4.69, 9.17) is 0 Å². The van der Waals surface area contributed by atoms with Crippen molar-refractivity contribution in [1.82, 2.24) is 0 Å². The van der Waals surface area contributed by atoms with Crippen LogP contribution < -0.4 is 0 Å². The van der Waals surface area contributed by atoms with Crippen LogP contribution in [0.25, 0.3) is 0 Å². The molecule has 1 unspecified atom stereocenters. The van der Waals surface area contributed by atoms with Gasteiger partial charge in [0.05, 0.1) is 5.25 Å². The summed E-state index contributed by atoms with van der Waals surface area (Å²) in [5.74, 6) is 2.12. The Hall–Kier alpha value is -0.410. The van der Waals surface area contributed by atoms with E-state index in [1.165, 1.54) is 17.3 Å². The van der Waals surface area contributed by atoms with Crippen LogP contribution in [0.5, 0.6) is 0 Å². The van der Waals surface area contributed by atoms with E-state index in [0.29, 0.717) is 5.12 Å². The highest BCUT2D eigenvalue weighted by atomic mass is 32.2. The van der Waals surface area contributed by atoms with Gasteiger partial charge in [-0.05, 0) is 24.2 Å². The molecule has 0 aromatic heterocycles. The second kappa shape index (κ2) is 5.61. The highest BCUT2D eigenvalue weighted by Crippen LogP contribution is 2.27. The molecule has 1 aliphatic rings. The first-order chi connectivity index (χ1) is 7.36. The van der Waals surface area contributed by atoms with E-state index in [0.717, 1.165) is 24.3 Å². The largest absolute Gasteiger partial charge is 0.286 e. The average molecular weight is 238 g/mol. The van der Waals surface area contributed by atoms with Gasteiger partial charge in [0.15, 0.2) is 0 Å². The van der Waals surface area contributed by atoms with Gasteiger partial charge >= 0.3 is 0 Å². The van der Waals surface area contributed by atoms with Crippen LogP contribution in [0.4, 0.5) is 0 Å². The number of carbonyl (C=O) groups is 1. The van der Waals surface area contributed by atoms with Gasteiger partial charge in [-0.15, -0.1) is 11.8 Å². The van der Waals surface area contributed by atoms with Gasteiger partial charge in [-0.1, -0.05) is 42.1 Å². The summed E-state index contributed by atoms with van der Waals surface area (Å²) in [7, 11) is 0.